The molecule has 0 spiro atoms. The average Bonchev–Trinajstić information content (AvgIpc) is 2.96. The van der Waals surface area contributed by atoms with Crippen LogP contribution in [0.2, 0.25) is 0 Å². The minimum absolute atomic E-state index is 0.00892. The van der Waals surface area contributed by atoms with E-state index in [1.54, 1.807) is 20.4 Å². The van der Waals surface area contributed by atoms with E-state index in [1.165, 1.54) is 0 Å². The third kappa shape index (κ3) is 5.55. The highest BCUT2D eigenvalue weighted by Crippen LogP contribution is 2.37. The molecular weight excluding hydrogens is 492 g/mol. The van der Waals surface area contributed by atoms with E-state index in [2.05, 4.69) is 10.3 Å². The number of nitrogens with zero attached hydrogens (tertiary/aromatic N) is 3. The van der Waals surface area contributed by atoms with Crippen LogP contribution in [0.1, 0.15) is 47.9 Å². The largest absolute Gasteiger partial charge is 0.497 e. The lowest BCUT2D eigenvalue weighted by atomic mass is 9.84. The molecule has 8 nitrogen and oxygen atoms in total. The Labute approximate surface area is 229 Å². The number of aromatic nitrogens is 1. The van der Waals surface area contributed by atoms with Gasteiger partial charge in [-0.15, -0.1) is 0 Å². The predicted octanol–water partition coefficient (Wildman–Crippen LogP) is 5.86. The first-order chi connectivity index (χ1) is 18.9. The number of hydrogen-bond donors (Lipinski definition) is 1. The van der Waals surface area contributed by atoms with E-state index < -0.39 is 0 Å². The van der Waals surface area contributed by atoms with Crippen LogP contribution in [-0.4, -0.2) is 42.1 Å². The number of hydrogen-bond acceptors (Lipinski definition) is 5. The molecule has 3 aromatic rings. The summed E-state index contributed by atoms with van der Waals surface area (Å²) < 4.78 is 10.7. The Bertz CT molecular complexity index is 1350. The molecule has 0 unspecified atom stereocenters. The van der Waals surface area contributed by atoms with Gasteiger partial charge in [-0.25, -0.2) is 4.79 Å². The number of benzene rings is 2. The third-order valence-electron chi connectivity index (χ3n) is 8.03. The van der Waals surface area contributed by atoms with Crippen LogP contribution >= 0.6 is 0 Å². The van der Waals surface area contributed by atoms with Gasteiger partial charge in [0.05, 0.1) is 39.2 Å². The lowest BCUT2D eigenvalue weighted by Gasteiger charge is -2.43. The quantitative estimate of drug-likeness (QED) is 0.416. The van der Waals surface area contributed by atoms with Gasteiger partial charge in [0.25, 0.3) is 0 Å². The second-order valence-corrected chi connectivity index (χ2v) is 10.5. The van der Waals surface area contributed by atoms with Gasteiger partial charge in [-0.3, -0.25) is 14.7 Å². The predicted molar refractivity (Wildman–Crippen MR) is 151 cm³/mol. The first-order valence-corrected chi connectivity index (χ1v) is 13.5. The van der Waals surface area contributed by atoms with Gasteiger partial charge in [-0.2, -0.15) is 0 Å². The molecule has 0 bridgehead atoms. The van der Waals surface area contributed by atoms with E-state index in [1.807, 2.05) is 72.3 Å². The molecule has 2 aliphatic rings. The van der Waals surface area contributed by atoms with E-state index in [4.69, 9.17) is 9.47 Å². The zero-order valence-corrected chi connectivity index (χ0v) is 23.1. The second kappa shape index (κ2) is 11.4. The zero-order valence-electron chi connectivity index (χ0n) is 23.1. The SMILES string of the molecule is COc1ccc(CN2C(=O)N(C3CCC(C(=O)Nc4ccc(C)c(OC)c4)CC3)Cc3c(C)cncc32)cc1. The minimum atomic E-state index is -0.0814. The van der Waals surface area contributed by atoms with Crippen molar-refractivity contribution < 1.29 is 19.1 Å². The molecular formula is C31H36N4O4. The molecule has 2 heterocycles. The van der Waals surface area contributed by atoms with Gasteiger partial charge in [0, 0.05) is 35.5 Å². The molecule has 39 heavy (non-hydrogen) atoms. The highest BCUT2D eigenvalue weighted by atomic mass is 16.5. The van der Waals surface area contributed by atoms with Crippen molar-refractivity contribution in [1.29, 1.82) is 0 Å². The number of pyridine rings is 1. The maximum atomic E-state index is 13.9. The van der Waals surface area contributed by atoms with Gasteiger partial charge in [0.15, 0.2) is 0 Å². The van der Waals surface area contributed by atoms with Crippen LogP contribution in [-0.2, 0) is 17.9 Å². The van der Waals surface area contributed by atoms with E-state index in [0.29, 0.717) is 13.1 Å². The molecule has 2 aromatic carbocycles. The maximum Gasteiger partial charge on any atom is 0.325 e. The van der Waals surface area contributed by atoms with E-state index in [0.717, 1.165) is 70.8 Å². The highest BCUT2D eigenvalue weighted by molar-refractivity contribution is 5.95. The molecule has 1 fully saturated rings. The number of carbonyl (C=O) groups is 2. The Hall–Kier alpha value is -4.07. The van der Waals surface area contributed by atoms with Gasteiger partial charge >= 0.3 is 6.03 Å². The van der Waals surface area contributed by atoms with E-state index in [-0.39, 0.29) is 23.9 Å². The molecule has 3 amide bonds. The summed E-state index contributed by atoms with van der Waals surface area (Å²) in [6.07, 6.45) is 6.71. The number of methoxy groups -OCH3 is 2. The normalized spacial score (nSPS) is 18.9. The van der Waals surface area contributed by atoms with Crippen LogP contribution in [0.4, 0.5) is 16.2 Å². The molecule has 1 saturated carbocycles. The van der Waals surface area contributed by atoms with Crippen molar-refractivity contribution in [2.75, 3.05) is 24.4 Å². The number of anilines is 2. The monoisotopic (exact) mass is 528 g/mol. The molecule has 1 N–H and O–H groups in total. The maximum absolute atomic E-state index is 13.9. The number of nitrogens with one attached hydrogen (secondary N) is 1. The summed E-state index contributed by atoms with van der Waals surface area (Å²) in [6, 6.07) is 13.6. The lowest BCUT2D eigenvalue weighted by molar-refractivity contribution is -0.121. The summed E-state index contributed by atoms with van der Waals surface area (Å²) in [5.74, 6) is 1.48. The van der Waals surface area contributed by atoms with Gasteiger partial charge in [0.2, 0.25) is 5.91 Å². The summed E-state index contributed by atoms with van der Waals surface area (Å²) in [4.78, 5) is 35.1. The molecule has 1 aliphatic carbocycles. The van der Waals surface area contributed by atoms with Gasteiger partial charge in [0.1, 0.15) is 11.5 Å². The van der Waals surface area contributed by atoms with Gasteiger partial charge in [-0.05, 0) is 74.4 Å². The molecule has 1 aliphatic heterocycles. The standard InChI is InChI=1S/C31H36N4O4/c1-20-5-10-24(15-29(20)39-4)33-30(36)23-8-11-25(12-9-23)34-19-27-21(2)16-32-17-28(27)35(31(34)37)18-22-6-13-26(38-3)14-7-22/h5-7,10,13-17,23,25H,8-9,11-12,18-19H2,1-4H3,(H,33,36). The first-order valence-electron chi connectivity index (χ1n) is 13.5. The zero-order chi connectivity index (χ0) is 27.5. The van der Waals surface area contributed by atoms with Crippen molar-refractivity contribution in [2.24, 2.45) is 5.92 Å². The Morgan fingerprint density at radius 1 is 0.974 bits per heavy atom. The molecule has 5 rings (SSSR count). The topological polar surface area (TPSA) is 84.0 Å². The highest BCUT2D eigenvalue weighted by Gasteiger charge is 2.38. The van der Waals surface area contributed by atoms with Crippen molar-refractivity contribution in [3.8, 4) is 11.5 Å². The van der Waals surface area contributed by atoms with Crippen molar-refractivity contribution >= 4 is 23.3 Å². The number of urea groups is 1. The fourth-order valence-corrected chi connectivity index (χ4v) is 5.66. The fraction of sp³-hybridized carbons (Fsp3) is 0.387. The van der Waals surface area contributed by atoms with Gasteiger partial charge in [-0.1, -0.05) is 18.2 Å². The number of rotatable bonds is 7. The van der Waals surface area contributed by atoms with Crippen LogP contribution in [0.15, 0.2) is 54.9 Å². The summed E-state index contributed by atoms with van der Waals surface area (Å²) in [6.45, 7) is 5.04. The number of carbonyl (C=O) groups excluding carboxylic acids is 2. The van der Waals surface area contributed by atoms with E-state index in [9.17, 15) is 9.59 Å². The van der Waals surface area contributed by atoms with Crippen LogP contribution in [0.3, 0.4) is 0 Å². The van der Waals surface area contributed by atoms with E-state index >= 15 is 0 Å². The van der Waals surface area contributed by atoms with Crippen LogP contribution in [0.25, 0.3) is 0 Å². The van der Waals surface area contributed by atoms with Crippen LogP contribution < -0.4 is 19.7 Å². The minimum Gasteiger partial charge on any atom is -0.497 e. The fourth-order valence-electron chi connectivity index (χ4n) is 5.66. The van der Waals surface area contributed by atoms with Crippen LogP contribution in [0.5, 0.6) is 11.5 Å². The summed E-state index contributed by atoms with van der Waals surface area (Å²) in [7, 11) is 3.27. The number of ether oxygens (including phenoxy) is 2. The Morgan fingerprint density at radius 2 is 1.72 bits per heavy atom. The summed E-state index contributed by atoms with van der Waals surface area (Å²) in [5.41, 5.74) is 5.86. The van der Waals surface area contributed by atoms with Crippen molar-refractivity contribution in [1.82, 2.24) is 9.88 Å². The van der Waals surface area contributed by atoms with Gasteiger partial charge < -0.3 is 19.7 Å². The van der Waals surface area contributed by atoms with Crippen molar-refractivity contribution in [3.63, 3.8) is 0 Å². The number of amides is 3. The molecule has 204 valence electrons. The van der Waals surface area contributed by atoms with Crippen LogP contribution in [0, 0.1) is 19.8 Å². The molecule has 0 saturated heterocycles. The smallest absolute Gasteiger partial charge is 0.325 e. The summed E-state index contributed by atoms with van der Waals surface area (Å²) in [5, 5.41) is 3.06. The number of fused-ring (bicyclic) bond motifs is 1. The molecule has 0 atom stereocenters. The number of aryl methyl sites for hydroxylation is 2. The molecule has 8 heteroatoms. The third-order valence-corrected chi connectivity index (χ3v) is 8.03. The summed E-state index contributed by atoms with van der Waals surface area (Å²) >= 11 is 0. The molecule has 1 aromatic heterocycles. The Kier molecular flexibility index (Phi) is 7.72. The van der Waals surface area contributed by atoms with Crippen molar-refractivity contribution in [2.45, 2.75) is 58.7 Å². The molecule has 0 radical (unpaired) electrons. The second-order valence-electron chi connectivity index (χ2n) is 10.5. The lowest BCUT2D eigenvalue weighted by Crippen LogP contribution is -2.52. The van der Waals surface area contributed by atoms with Crippen molar-refractivity contribution in [3.05, 3.63) is 77.1 Å². The Balaban J connectivity index is 1.28. The Morgan fingerprint density at radius 3 is 2.41 bits per heavy atom. The first kappa shape index (κ1) is 26.5. The average molecular weight is 529 g/mol.